The molecule has 1 heterocycles. The average molecular weight is 200 g/mol. The van der Waals surface area contributed by atoms with Crippen molar-refractivity contribution in [1.29, 1.82) is 0 Å². The van der Waals surface area contributed by atoms with Gasteiger partial charge in [0.1, 0.15) is 0 Å². The van der Waals surface area contributed by atoms with Gasteiger partial charge in [0, 0.05) is 5.38 Å². The van der Waals surface area contributed by atoms with Gasteiger partial charge in [0.2, 0.25) is 0 Å². The van der Waals surface area contributed by atoms with Gasteiger partial charge >= 0.3 is 0 Å². The molecule has 0 aliphatic rings. The van der Waals surface area contributed by atoms with E-state index in [0.29, 0.717) is 5.75 Å². The Kier molecular flexibility index (Phi) is 6.06. The summed E-state index contributed by atoms with van der Waals surface area (Å²) in [5.74, 6) is 0.777. The van der Waals surface area contributed by atoms with Crippen LogP contribution in [0.5, 0.6) is 11.5 Å². The monoisotopic (exact) mass is 200 g/mol. The molecule has 1 N–H and O–H groups in total. The first-order valence-corrected chi connectivity index (χ1v) is 5.14. The minimum atomic E-state index is 0.214. The first kappa shape index (κ1) is 12.0. The molecule has 0 unspecified atom stereocenters. The van der Waals surface area contributed by atoms with Crippen molar-refractivity contribution in [3.05, 3.63) is 16.3 Å². The van der Waals surface area contributed by atoms with E-state index < -0.39 is 0 Å². The minimum absolute atomic E-state index is 0.214. The lowest BCUT2D eigenvalue weighted by molar-refractivity contribution is 0.376. The summed E-state index contributed by atoms with van der Waals surface area (Å²) in [5, 5.41) is 10.9. The Morgan fingerprint density at radius 2 is 2.08 bits per heavy atom. The standard InChI is InChI=1S/C8H10O2S.C2H6/c1-3-4-7-8(10-2)6(9)5-11-7;1-2/h3-5,9H,1-2H3;1-2H3/b4-3+;. The van der Waals surface area contributed by atoms with Crippen LogP contribution in [-0.4, -0.2) is 12.2 Å². The molecule has 1 rings (SSSR count). The Balaban J connectivity index is 0.000000671. The quantitative estimate of drug-likeness (QED) is 0.791. The molecule has 1 aromatic rings. The molecule has 0 aliphatic heterocycles. The highest BCUT2D eigenvalue weighted by Gasteiger charge is 2.07. The highest BCUT2D eigenvalue weighted by molar-refractivity contribution is 7.11. The van der Waals surface area contributed by atoms with Gasteiger partial charge in [0.05, 0.1) is 12.0 Å². The molecule has 0 spiro atoms. The molecule has 0 radical (unpaired) electrons. The lowest BCUT2D eigenvalue weighted by atomic mass is 10.4. The van der Waals surface area contributed by atoms with Crippen molar-refractivity contribution in [2.45, 2.75) is 20.8 Å². The molecule has 0 atom stereocenters. The minimum Gasteiger partial charge on any atom is -0.504 e. The maximum Gasteiger partial charge on any atom is 0.178 e. The maximum atomic E-state index is 9.21. The van der Waals surface area contributed by atoms with E-state index in [0.717, 1.165) is 4.88 Å². The highest BCUT2D eigenvalue weighted by atomic mass is 32.1. The van der Waals surface area contributed by atoms with Crippen LogP contribution >= 0.6 is 11.3 Å². The van der Waals surface area contributed by atoms with E-state index in [9.17, 15) is 5.11 Å². The van der Waals surface area contributed by atoms with Crippen LogP contribution in [0, 0.1) is 0 Å². The van der Waals surface area contributed by atoms with Crippen molar-refractivity contribution in [2.75, 3.05) is 7.11 Å². The molecule has 0 saturated heterocycles. The van der Waals surface area contributed by atoms with E-state index in [1.807, 2.05) is 32.9 Å². The summed E-state index contributed by atoms with van der Waals surface area (Å²) in [6.45, 7) is 5.93. The Bertz CT molecular complexity index is 264. The second-order valence-electron chi connectivity index (χ2n) is 2.02. The van der Waals surface area contributed by atoms with Crippen molar-refractivity contribution in [2.24, 2.45) is 0 Å². The molecule has 0 fully saturated rings. The van der Waals surface area contributed by atoms with E-state index in [1.165, 1.54) is 11.3 Å². The van der Waals surface area contributed by atoms with Gasteiger partial charge in [-0.05, 0) is 13.0 Å². The van der Waals surface area contributed by atoms with Crippen LogP contribution < -0.4 is 4.74 Å². The fourth-order valence-corrected chi connectivity index (χ4v) is 1.68. The zero-order valence-corrected chi connectivity index (χ0v) is 9.31. The largest absolute Gasteiger partial charge is 0.504 e. The number of thiophene rings is 1. The van der Waals surface area contributed by atoms with Crippen molar-refractivity contribution < 1.29 is 9.84 Å². The highest BCUT2D eigenvalue weighted by Crippen LogP contribution is 2.36. The van der Waals surface area contributed by atoms with E-state index in [1.54, 1.807) is 12.5 Å². The molecular weight excluding hydrogens is 184 g/mol. The van der Waals surface area contributed by atoms with Gasteiger partial charge in [-0.1, -0.05) is 19.9 Å². The van der Waals surface area contributed by atoms with Crippen LogP contribution in [0.3, 0.4) is 0 Å². The molecular formula is C10H16O2S. The summed E-state index contributed by atoms with van der Waals surface area (Å²) >= 11 is 1.46. The SMILES string of the molecule is C/C=C/c1scc(O)c1OC.CC. The van der Waals surface area contributed by atoms with Crippen LogP contribution in [0.15, 0.2) is 11.5 Å². The molecule has 3 heteroatoms. The summed E-state index contributed by atoms with van der Waals surface area (Å²) in [7, 11) is 1.55. The topological polar surface area (TPSA) is 29.5 Å². The second-order valence-corrected chi connectivity index (χ2v) is 2.93. The van der Waals surface area contributed by atoms with Gasteiger partial charge in [-0.3, -0.25) is 0 Å². The third-order valence-corrected chi connectivity index (χ3v) is 2.19. The lowest BCUT2D eigenvalue weighted by Gasteiger charge is -1.97. The molecule has 0 aliphatic carbocycles. The number of hydrogen-bond acceptors (Lipinski definition) is 3. The van der Waals surface area contributed by atoms with Gasteiger partial charge in [0.25, 0.3) is 0 Å². The molecule has 13 heavy (non-hydrogen) atoms. The molecule has 74 valence electrons. The predicted molar refractivity (Wildman–Crippen MR) is 58.6 cm³/mol. The molecule has 1 aromatic heterocycles. The van der Waals surface area contributed by atoms with Gasteiger partial charge in [-0.25, -0.2) is 0 Å². The number of rotatable bonds is 2. The van der Waals surface area contributed by atoms with E-state index in [4.69, 9.17) is 4.74 Å². The van der Waals surface area contributed by atoms with Gasteiger partial charge in [0.15, 0.2) is 11.5 Å². The maximum absolute atomic E-state index is 9.21. The third kappa shape index (κ3) is 3.11. The normalized spacial score (nSPS) is 9.54. The van der Waals surface area contributed by atoms with Crippen molar-refractivity contribution in [3.8, 4) is 11.5 Å². The Labute approximate surface area is 83.5 Å². The molecule has 0 saturated carbocycles. The third-order valence-electron chi connectivity index (χ3n) is 1.28. The molecule has 0 bridgehead atoms. The Morgan fingerprint density at radius 3 is 2.54 bits per heavy atom. The number of hydrogen-bond donors (Lipinski definition) is 1. The van der Waals surface area contributed by atoms with E-state index >= 15 is 0 Å². The average Bonchev–Trinajstić information content (AvgIpc) is 2.51. The molecule has 0 amide bonds. The summed E-state index contributed by atoms with van der Waals surface area (Å²) in [5.41, 5.74) is 0. The fourth-order valence-electron chi connectivity index (χ4n) is 0.824. The van der Waals surface area contributed by atoms with Crippen molar-refractivity contribution in [1.82, 2.24) is 0 Å². The first-order chi connectivity index (χ1) is 6.29. The number of allylic oxidation sites excluding steroid dienone is 1. The zero-order valence-electron chi connectivity index (χ0n) is 8.50. The Hall–Kier alpha value is -0.960. The lowest BCUT2D eigenvalue weighted by Crippen LogP contribution is -1.80. The summed E-state index contributed by atoms with van der Waals surface area (Å²) in [6.07, 6.45) is 3.82. The van der Waals surface area contributed by atoms with Gasteiger partial charge in [-0.15, -0.1) is 11.3 Å². The van der Waals surface area contributed by atoms with Crippen LogP contribution in [0.25, 0.3) is 6.08 Å². The first-order valence-electron chi connectivity index (χ1n) is 4.26. The van der Waals surface area contributed by atoms with Crippen molar-refractivity contribution in [3.63, 3.8) is 0 Å². The fraction of sp³-hybridized carbons (Fsp3) is 0.400. The molecule has 2 nitrogen and oxygen atoms in total. The Morgan fingerprint density at radius 1 is 1.46 bits per heavy atom. The summed E-state index contributed by atoms with van der Waals surface area (Å²) < 4.78 is 4.98. The second kappa shape index (κ2) is 6.54. The van der Waals surface area contributed by atoms with Gasteiger partial charge in [-0.2, -0.15) is 0 Å². The van der Waals surface area contributed by atoms with Crippen LogP contribution in [0.2, 0.25) is 0 Å². The number of methoxy groups -OCH3 is 1. The van der Waals surface area contributed by atoms with Crippen molar-refractivity contribution >= 4 is 17.4 Å². The molecule has 0 aromatic carbocycles. The summed E-state index contributed by atoms with van der Waals surface area (Å²) in [6, 6.07) is 0. The van der Waals surface area contributed by atoms with E-state index in [2.05, 4.69) is 0 Å². The van der Waals surface area contributed by atoms with E-state index in [-0.39, 0.29) is 5.75 Å². The number of ether oxygens (including phenoxy) is 1. The summed E-state index contributed by atoms with van der Waals surface area (Å²) in [4.78, 5) is 0.951. The van der Waals surface area contributed by atoms with Gasteiger partial charge < -0.3 is 9.84 Å². The predicted octanol–water partition coefficient (Wildman–Crippen LogP) is 3.52. The van der Waals surface area contributed by atoms with Crippen LogP contribution in [0.4, 0.5) is 0 Å². The van der Waals surface area contributed by atoms with Crippen LogP contribution in [0.1, 0.15) is 25.6 Å². The van der Waals surface area contributed by atoms with Crippen LogP contribution in [-0.2, 0) is 0 Å². The zero-order chi connectivity index (χ0) is 10.3. The smallest absolute Gasteiger partial charge is 0.178 e. The number of aromatic hydroxyl groups is 1.